The van der Waals surface area contributed by atoms with Crippen molar-refractivity contribution in [3.8, 4) is 0 Å². The number of piperidine rings is 1. The van der Waals surface area contributed by atoms with Crippen LogP contribution in [-0.2, 0) is 10.0 Å². The average Bonchev–Trinajstić information content (AvgIpc) is 3.06. The molecule has 0 spiro atoms. The Balaban J connectivity index is 1.48. The number of anilines is 2. The number of benzene rings is 2. The summed E-state index contributed by atoms with van der Waals surface area (Å²) < 4.78 is 28.0. The van der Waals surface area contributed by atoms with Gasteiger partial charge in [0.05, 0.1) is 10.6 Å². The lowest BCUT2D eigenvalue weighted by molar-refractivity contribution is 0.346. The van der Waals surface area contributed by atoms with Gasteiger partial charge in [0.15, 0.2) is 0 Å². The van der Waals surface area contributed by atoms with Crippen LogP contribution in [-0.4, -0.2) is 44.8 Å². The summed E-state index contributed by atoms with van der Waals surface area (Å²) in [5.41, 5.74) is 4.63. The maximum Gasteiger partial charge on any atom is 0.243 e. The lowest BCUT2D eigenvalue weighted by Gasteiger charge is -2.32. The predicted octanol–water partition coefficient (Wildman–Crippen LogP) is 5.17. The molecule has 0 amide bonds. The zero-order chi connectivity index (χ0) is 22.5. The Hall–Kier alpha value is -2.22. The Morgan fingerprint density at radius 3 is 2.53 bits per heavy atom. The van der Waals surface area contributed by atoms with Crippen LogP contribution < -0.4 is 9.80 Å². The molecular formula is C25H29N3O2S2. The van der Waals surface area contributed by atoms with E-state index in [-0.39, 0.29) is 4.87 Å². The summed E-state index contributed by atoms with van der Waals surface area (Å²) in [4.78, 5) is 5.47. The second kappa shape index (κ2) is 7.97. The number of sulfonamides is 1. The number of rotatable bonds is 3. The van der Waals surface area contributed by atoms with E-state index in [4.69, 9.17) is 0 Å². The van der Waals surface area contributed by atoms with E-state index in [1.54, 1.807) is 22.1 Å². The van der Waals surface area contributed by atoms with Gasteiger partial charge in [-0.3, -0.25) is 0 Å². The first kappa shape index (κ1) is 21.6. The normalized spacial score (nSPS) is 24.7. The smallest absolute Gasteiger partial charge is 0.243 e. The molecule has 3 aliphatic rings. The second-order valence-corrected chi connectivity index (χ2v) is 12.3. The number of hydrogen-bond acceptors (Lipinski definition) is 5. The minimum Gasteiger partial charge on any atom is -0.356 e. The fourth-order valence-electron chi connectivity index (χ4n) is 4.73. The van der Waals surface area contributed by atoms with Crippen LogP contribution >= 0.6 is 11.8 Å². The van der Waals surface area contributed by atoms with Gasteiger partial charge in [0.2, 0.25) is 10.0 Å². The Bertz CT molecular complexity index is 1220. The van der Waals surface area contributed by atoms with Gasteiger partial charge in [-0.25, -0.2) is 8.42 Å². The summed E-state index contributed by atoms with van der Waals surface area (Å²) in [5.74, 6) is 0. The van der Waals surface area contributed by atoms with E-state index in [1.807, 2.05) is 12.1 Å². The van der Waals surface area contributed by atoms with Crippen molar-refractivity contribution in [2.45, 2.75) is 40.8 Å². The van der Waals surface area contributed by atoms with Crippen LogP contribution in [0.3, 0.4) is 0 Å². The molecule has 168 valence electrons. The molecule has 3 aliphatic heterocycles. The van der Waals surface area contributed by atoms with E-state index in [1.165, 1.54) is 16.8 Å². The van der Waals surface area contributed by atoms with Crippen molar-refractivity contribution in [3.05, 3.63) is 66.4 Å². The Kier molecular flexibility index (Phi) is 5.39. The molecule has 1 atom stereocenters. The monoisotopic (exact) mass is 467 g/mol. The van der Waals surface area contributed by atoms with Gasteiger partial charge in [0.1, 0.15) is 4.87 Å². The summed E-state index contributed by atoms with van der Waals surface area (Å²) in [6.07, 6.45) is 9.52. The first-order valence-electron chi connectivity index (χ1n) is 11.1. The molecule has 0 N–H and O–H groups in total. The van der Waals surface area contributed by atoms with Gasteiger partial charge in [-0.05, 0) is 61.8 Å². The predicted molar refractivity (Wildman–Crippen MR) is 134 cm³/mol. The van der Waals surface area contributed by atoms with Gasteiger partial charge in [-0.2, -0.15) is 4.31 Å². The van der Waals surface area contributed by atoms with Crippen LogP contribution in [0.25, 0.3) is 5.57 Å². The molecule has 0 bridgehead atoms. The van der Waals surface area contributed by atoms with Gasteiger partial charge in [0, 0.05) is 49.5 Å². The van der Waals surface area contributed by atoms with Gasteiger partial charge in [-0.1, -0.05) is 36.4 Å². The van der Waals surface area contributed by atoms with Gasteiger partial charge >= 0.3 is 0 Å². The summed E-state index contributed by atoms with van der Waals surface area (Å²) in [6, 6.07) is 14.0. The molecular weight excluding hydrogens is 438 g/mol. The Morgan fingerprint density at radius 2 is 1.75 bits per heavy atom. The van der Waals surface area contributed by atoms with Crippen LogP contribution in [0.5, 0.6) is 0 Å². The van der Waals surface area contributed by atoms with E-state index in [9.17, 15) is 8.42 Å². The molecule has 0 aromatic heterocycles. The largest absolute Gasteiger partial charge is 0.356 e. The molecule has 0 aliphatic carbocycles. The number of allylic oxidation sites excluding steroid dienone is 2. The zero-order valence-electron chi connectivity index (χ0n) is 18.8. The molecule has 2 aromatic carbocycles. The number of likely N-dealkylation sites (N-methyl/N-ethyl adjacent to an activating group) is 1. The SMILES string of the molecule is CN1C=C/C(=C\C2(C)Sc3cc(S(=O)(=O)N4CCCCC4)ccc3N2C)c2ccccc21. The van der Waals surface area contributed by atoms with E-state index < -0.39 is 10.0 Å². The molecule has 3 heterocycles. The minimum absolute atomic E-state index is 0.321. The van der Waals surface area contributed by atoms with Crippen LogP contribution in [0, 0.1) is 0 Å². The molecule has 7 heteroatoms. The molecule has 5 rings (SSSR count). The minimum atomic E-state index is -3.44. The summed E-state index contributed by atoms with van der Waals surface area (Å²) >= 11 is 1.71. The maximum atomic E-state index is 13.2. The first-order valence-corrected chi connectivity index (χ1v) is 13.4. The van der Waals surface area contributed by atoms with Crippen molar-refractivity contribution in [1.29, 1.82) is 0 Å². The van der Waals surface area contributed by atoms with Gasteiger partial charge < -0.3 is 9.80 Å². The molecule has 1 unspecified atom stereocenters. The van der Waals surface area contributed by atoms with Gasteiger partial charge in [-0.15, -0.1) is 0 Å². The van der Waals surface area contributed by atoms with Crippen LogP contribution in [0.1, 0.15) is 31.7 Å². The number of para-hydroxylation sites is 1. The van der Waals surface area contributed by atoms with Gasteiger partial charge in [0.25, 0.3) is 0 Å². The molecule has 1 saturated heterocycles. The van der Waals surface area contributed by atoms with Crippen LogP contribution in [0.4, 0.5) is 11.4 Å². The molecule has 32 heavy (non-hydrogen) atoms. The molecule has 1 fully saturated rings. The third-order valence-corrected chi connectivity index (χ3v) is 9.97. The average molecular weight is 468 g/mol. The van der Waals surface area contributed by atoms with Crippen molar-refractivity contribution in [2.75, 3.05) is 37.0 Å². The summed E-state index contributed by atoms with van der Waals surface area (Å²) in [5, 5.41) is 0. The third kappa shape index (κ3) is 3.56. The topological polar surface area (TPSA) is 43.9 Å². The van der Waals surface area contributed by atoms with E-state index >= 15 is 0 Å². The third-order valence-electron chi connectivity index (χ3n) is 6.72. The van der Waals surface area contributed by atoms with Crippen molar-refractivity contribution >= 4 is 38.7 Å². The quantitative estimate of drug-likeness (QED) is 0.623. The highest BCUT2D eigenvalue weighted by Crippen LogP contribution is 2.52. The highest BCUT2D eigenvalue weighted by atomic mass is 32.2. The number of thioether (sulfide) groups is 1. The number of fused-ring (bicyclic) bond motifs is 2. The standard InChI is InChI=1S/C25H29N3O2S2/c1-25(18-19-13-16-26(2)22-10-6-5-9-21(19)22)27(3)23-12-11-20(17-24(23)31-25)32(29,30)28-14-7-4-8-15-28/h5-6,9-13,16-18H,4,7-8,14-15H2,1-3H3/b19-18+. The Labute approximate surface area is 195 Å². The van der Waals surface area contributed by atoms with Crippen molar-refractivity contribution < 1.29 is 8.42 Å². The lowest BCUT2D eigenvalue weighted by Crippen LogP contribution is -2.36. The van der Waals surface area contributed by atoms with E-state index in [0.717, 1.165) is 29.8 Å². The highest BCUT2D eigenvalue weighted by molar-refractivity contribution is 8.01. The fraction of sp³-hybridized carbons (Fsp3) is 0.360. The fourth-order valence-corrected chi connectivity index (χ4v) is 7.71. The van der Waals surface area contributed by atoms with E-state index in [2.05, 4.69) is 73.4 Å². The maximum absolute atomic E-state index is 13.2. The molecule has 0 saturated carbocycles. The second-order valence-electron chi connectivity index (χ2n) is 8.85. The van der Waals surface area contributed by atoms with E-state index in [0.29, 0.717) is 18.0 Å². The molecule has 2 aromatic rings. The lowest BCUT2D eigenvalue weighted by atomic mass is 9.98. The van der Waals surface area contributed by atoms with Crippen molar-refractivity contribution in [3.63, 3.8) is 0 Å². The first-order chi connectivity index (χ1) is 15.3. The molecule has 5 nitrogen and oxygen atoms in total. The summed E-state index contributed by atoms with van der Waals surface area (Å²) in [7, 11) is 0.700. The number of hydrogen-bond donors (Lipinski definition) is 0. The number of nitrogens with zero attached hydrogens (tertiary/aromatic N) is 3. The van der Waals surface area contributed by atoms with Crippen molar-refractivity contribution in [2.24, 2.45) is 0 Å². The Morgan fingerprint density at radius 1 is 1.00 bits per heavy atom. The molecule has 0 radical (unpaired) electrons. The van der Waals surface area contributed by atoms with Crippen LogP contribution in [0.15, 0.2) is 70.6 Å². The summed E-state index contributed by atoms with van der Waals surface area (Å²) in [6.45, 7) is 3.44. The highest BCUT2D eigenvalue weighted by Gasteiger charge is 2.39. The van der Waals surface area contributed by atoms with Crippen molar-refractivity contribution in [1.82, 2.24) is 4.31 Å². The zero-order valence-corrected chi connectivity index (χ0v) is 20.4. The van der Waals surface area contributed by atoms with Crippen LogP contribution in [0.2, 0.25) is 0 Å².